The lowest BCUT2D eigenvalue weighted by molar-refractivity contribution is -0.151. The molecule has 0 saturated heterocycles. The Morgan fingerprint density at radius 3 is 2.31 bits per heavy atom. The third kappa shape index (κ3) is 5.92. The van der Waals surface area contributed by atoms with Gasteiger partial charge in [0.15, 0.2) is 6.10 Å². The first-order chi connectivity index (χ1) is 12.5. The van der Waals surface area contributed by atoms with Crippen LogP contribution in [0.5, 0.6) is 5.75 Å². The monoisotopic (exact) mass is 355 g/mol. The smallest absolute Gasteiger partial charge is 0.347 e. The molecule has 2 rings (SSSR count). The van der Waals surface area contributed by atoms with E-state index in [9.17, 15) is 9.59 Å². The molecule has 0 aliphatic carbocycles. The van der Waals surface area contributed by atoms with Gasteiger partial charge in [-0.05, 0) is 56.7 Å². The topological polar surface area (TPSA) is 64.6 Å². The van der Waals surface area contributed by atoms with Gasteiger partial charge in [-0.1, -0.05) is 31.0 Å². The molecular weight excluding hydrogens is 330 g/mol. The number of amides is 1. The van der Waals surface area contributed by atoms with E-state index in [0.29, 0.717) is 17.9 Å². The summed E-state index contributed by atoms with van der Waals surface area (Å²) in [5.41, 5.74) is 2.38. The van der Waals surface area contributed by atoms with Crippen LogP contribution < -0.4 is 10.1 Å². The Morgan fingerprint density at radius 1 is 1.04 bits per heavy atom. The normalized spacial score (nSPS) is 11.5. The van der Waals surface area contributed by atoms with Crippen molar-refractivity contribution < 1.29 is 19.1 Å². The summed E-state index contributed by atoms with van der Waals surface area (Å²) in [5, 5.41) is 2.84. The van der Waals surface area contributed by atoms with Gasteiger partial charge < -0.3 is 14.8 Å². The number of hydrogen-bond donors (Lipinski definition) is 1. The Labute approximate surface area is 154 Å². The van der Waals surface area contributed by atoms with Crippen LogP contribution in [0.1, 0.15) is 42.6 Å². The van der Waals surface area contributed by atoms with Gasteiger partial charge in [0.05, 0.1) is 6.61 Å². The highest BCUT2D eigenvalue weighted by atomic mass is 16.6. The van der Waals surface area contributed by atoms with Crippen LogP contribution >= 0.6 is 0 Å². The summed E-state index contributed by atoms with van der Waals surface area (Å²) >= 11 is 0. The van der Waals surface area contributed by atoms with Gasteiger partial charge in [0.1, 0.15) is 5.75 Å². The zero-order chi connectivity index (χ0) is 18.9. The fraction of sp³-hybridized carbons (Fsp3) is 0.333. The third-order valence-corrected chi connectivity index (χ3v) is 3.81. The van der Waals surface area contributed by atoms with Gasteiger partial charge in [-0.2, -0.15) is 0 Å². The summed E-state index contributed by atoms with van der Waals surface area (Å²) in [5.74, 6) is -0.0797. The lowest BCUT2D eigenvalue weighted by Crippen LogP contribution is -2.26. The molecule has 138 valence electrons. The first-order valence-corrected chi connectivity index (χ1v) is 8.81. The van der Waals surface area contributed by atoms with E-state index >= 15 is 0 Å². The Bertz CT molecular complexity index is 723. The minimum absolute atomic E-state index is 0.201. The van der Waals surface area contributed by atoms with E-state index in [1.807, 2.05) is 38.1 Å². The van der Waals surface area contributed by atoms with E-state index in [4.69, 9.17) is 9.47 Å². The molecule has 5 nitrogen and oxygen atoms in total. The Hall–Kier alpha value is -2.82. The second-order valence-electron chi connectivity index (χ2n) is 6.13. The number of aryl methyl sites for hydroxylation is 1. The maximum atomic E-state index is 12.3. The molecule has 0 fully saturated rings. The van der Waals surface area contributed by atoms with Crippen LogP contribution in [0.2, 0.25) is 0 Å². The average molecular weight is 355 g/mol. The SMILES string of the molecule is CCCCOC(=O)[C@@H](C)Oc1ccc(C(=O)Nc2ccc(C)cc2)cc1. The molecule has 0 aliphatic rings. The molecule has 2 aromatic rings. The van der Waals surface area contributed by atoms with Gasteiger partial charge in [0.25, 0.3) is 5.91 Å². The van der Waals surface area contributed by atoms with Crippen molar-refractivity contribution in [3.05, 3.63) is 59.7 Å². The first kappa shape index (κ1) is 19.5. The fourth-order valence-corrected chi connectivity index (χ4v) is 2.21. The number of unbranched alkanes of at least 4 members (excludes halogenated alkanes) is 1. The minimum atomic E-state index is -0.695. The predicted octanol–water partition coefficient (Wildman–Crippen LogP) is 4.36. The summed E-state index contributed by atoms with van der Waals surface area (Å²) in [7, 11) is 0. The Balaban J connectivity index is 1.89. The summed E-state index contributed by atoms with van der Waals surface area (Å²) in [6, 6.07) is 14.2. The maximum Gasteiger partial charge on any atom is 0.347 e. The molecule has 5 heteroatoms. The lowest BCUT2D eigenvalue weighted by atomic mass is 10.2. The Morgan fingerprint density at radius 2 is 1.69 bits per heavy atom. The van der Waals surface area contributed by atoms with Gasteiger partial charge in [-0.15, -0.1) is 0 Å². The van der Waals surface area contributed by atoms with Gasteiger partial charge >= 0.3 is 5.97 Å². The van der Waals surface area contributed by atoms with E-state index in [0.717, 1.165) is 24.1 Å². The van der Waals surface area contributed by atoms with Crippen molar-refractivity contribution in [1.29, 1.82) is 0 Å². The van der Waals surface area contributed by atoms with Gasteiger partial charge in [-0.25, -0.2) is 4.79 Å². The zero-order valence-corrected chi connectivity index (χ0v) is 15.5. The average Bonchev–Trinajstić information content (AvgIpc) is 2.64. The van der Waals surface area contributed by atoms with Gasteiger partial charge in [-0.3, -0.25) is 4.79 Å². The van der Waals surface area contributed by atoms with Crippen molar-refractivity contribution in [3.63, 3.8) is 0 Å². The second-order valence-corrected chi connectivity index (χ2v) is 6.13. The number of carbonyl (C=O) groups is 2. The maximum absolute atomic E-state index is 12.3. The highest BCUT2D eigenvalue weighted by Crippen LogP contribution is 2.16. The van der Waals surface area contributed by atoms with Crippen LogP contribution in [-0.2, 0) is 9.53 Å². The van der Waals surface area contributed by atoms with Crippen molar-refractivity contribution in [1.82, 2.24) is 0 Å². The van der Waals surface area contributed by atoms with E-state index in [1.165, 1.54) is 0 Å². The van der Waals surface area contributed by atoms with Crippen LogP contribution in [0.4, 0.5) is 5.69 Å². The van der Waals surface area contributed by atoms with E-state index in [1.54, 1.807) is 31.2 Å². The number of ether oxygens (including phenoxy) is 2. The molecular formula is C21H25NO4. The molecule has 0 aliphatic heterocycles. The van der Waals surface area contributed by atoms with Crippen molar-refractivity contribution in [3.8, 4) is 5.75 Å². The first-order valence-electron chi connectivity index (χ1n) is 8.81. The van der Waals surface area contributed by atoms with Crippen LogP contribution in [0.25, 0.3) is 0 Å². The Kier molecular flexibility index (Phi) is 7.21. The van der Waals surface area contributed by atoms with Crippen molar-refractivity contribution in [2.45, 2.75) is 39.7 Å². The largest absolute Gasteiger partial charge is 0.479 e. The number of hydrogen-bond acceptors (Lipinski definition) is 4. The minimum Gasteiger partial charge on any atom is -0.479 e. The molecule has 0 bridgehead atoms. The number of benzene rings is 2. The molecule has 0 spiro atoms. The molecule has 1 amide bonds. The second kappa shape index (κ2) is 9.61. The summed E-state index contributed by atoms with van der Waals surface area (Å²) in [6.45, 7) is 6.07. The van der Waals surface area contributed by atoms with Crippen molar-refractivity contribution in [2.75, 3.05) is 11.9 Å². The molecule has 0 saturated carbocycles. The number of esters is 1. The van der Waals surface area contributed by atoms with Crippen LogP contribution in [0.3, 0.4) is 0 Å². The molecule has 0 unspecified atom stereocenters. The van der Waals surface area contributed by atoms with Crippen LogP contribution in [0, 0.1) is 6.92 Å². The highest BCUT2D eigenvalue weighted by Gasteiger charge is 2.16. The molecule has 1 N–H and O–H groups in total. The van der Waals surface area contributed by atoms with Crippen molar-refractivity contribution in [2.24, 2.45) is 0 Å². The van der Waals surface area contributed by atoms with Gasteiger partial charge in [0.2, 0.25) is 0 Å². The molecule has 0 radical (unpaired) electrons. The fourth-order valence-electron chi connectivity index (χ4n) is 2.21. The molecule has 2 aromatic carbocycles. The van der Waals surface area contributed by atoms with Crippen LogP contribution in [-0.4, -0.2) is 24.6 Å². The summed E-state index contributed by atoms with van der Waals surface area (Å²) in [4.78, 5) is 24.1. The van der Waals surface area contributed by atoms with Crippen LogP contribution in [0.15, 0.2) is 48.5 Å². The zero-order valence-electron chi connectivity index (χ0n) is 15.5. The van der Waals surface area contributed by atoms with E-state index in [-0.39, 0.29) is 11.9 Å². The lowest BCUT2D eigenvalue weighted by Gasteiger charge is -2.14. The number of anilines is 1. The number of nitrogens with one attached hydrogen (secondary N) is 1. The predicted molar refractivity (Wildman–Crippen MR) is 102 cm³/mol. The molecule has 0 heterocycles. The number of rotatable bonds is 8. The van der Waals surface area contributed by atoms with Crippen molar-refractivity contribution >= 4 is 17.6 Å². The third-order valence-electron chi connectivity index (χ3n) is 3.81. The highest BCUT2D eigenvalue weighted by molar-refractivity contribution is 6.04. The molecule has 1 atom stereocenters. The summed E-state index contributed by atoms with van der Waals surface area (Å²) in [6.07, 6.45) is 1.11. The molecule has 26 heavy (non-hydrogen) atoms. The van der Waals surface area contributed by atoms with E-state index in [2.05, 4.69) is 5.32 Å². The quantitative estimate of drug-likeness (QED) is 0.564. The van der Waals surface area contributed by atoms with E-state index < -0.39 is 6.10 Å². The standard InChI is InChI=1S/C21H25NO4/c1-4-5-14-25-21(24)16(3)26-19-12-8-17(9-13-19)20(23)22-18-10-6-15(2)7-11-18/h6-13,16H,4-5,14H2,1-3H3,(H,22,23)/t16-/m1/s1. The summed E-state index contributed by atoms with van der Waals surface area (Å²) < 4.78 is 10.7. The number of carbonyl (C=O) groups excluding carboxylic acids is 2. The van der Waals surface area contributed by atoms with Gasteiger partial charge in [0, 0.05) is 11.3 Å². The molecule has 0 aromatic heterocycles.